The van der Waals surface area contributed by atoms with E-state index in [2.05, 4.69) is 19.2 Å². The molecule has 0 heterocycles. The Bertz CT molecular complexity index is 205. The molecule has 0 aromatic rings. The smallest absolute Gasteiger partial charge is 0.321 e. The zero-order valence-corrected chi connectivity index (χ0v) is 8.00. The minimum atomic E-state index is -2.33. The van der Waals surface area contributed by atoms with Crippen LogP contribution in [0.25, 0.3) is 0 Å². The molecule has 0 saturated carbocycles. The normalized spacial score (nSPS) is 11.2. The van der Waals surface area contributed by atoms with Gasteiger partial charge in [0.1, 0.15) is 6.04 Å². The molecule has 1 atom stereocenters. The second-order valence-electron chi connectivity index (χ2n) is 1.60. The van der Waals surface area contributed by atoms with Crippen molar-refractivity contribution in [3.05, 3.63) is 12.0 Å². The first kappa shape index (κ1) is 14.0. The zero-order chi connectivity index (χ0) is 10.1. The van der Waals surface area contributed by atoms with Crippen molar-refractivity contribution in [3.8, 4) is 0 Å². The predicted molar refractivity (Wildman–Crippen MR) is 50.0 cm³/mol. The third-order valence-electron chi connectivity index (χ3n) is 0.663. The Labute approximate surface area is 77.6 Å². The van der Waals surface area contributed by atoms with Gasteiger partial charge < -0.3 is 10.8 Å². The molecule has 0 fully saturated rings. The Balaban J connectivity index is 0. The van der Waals surface area contributed by atoms with Gasteiger partial charge in [-0.1, -0.05) is 6.58 Å². The fourth-order valence-corrected chi connectivity index (χ4v) is 0.234. The third-order valence-corrected chi connectivity index (χ3v) is 1.35. The van der Waals surface area contributed by atoms with Crippen LogP contribution in [0.3, 0.4) is 0 Å². The Hall–Kier alpha value is -0.530. The molecule has 0 aliphatic rings. The summed E-state index contributed by atoms with van der Waals surface area (Å²) in [5.41, 5.74) is 4.94. The van der Waals surface area contributed by atoms with E-state index < -0.39 is 22.7 Å². The second kappa shape index (κ2) is 8.57. The number of aliphatic carboxylic acids is 1. The Kier molecular flexibility index (Phi) is 10.0. The molecule has 5 nitrogen and oxygen atoms in total. The maximum atomic E-state index is 9.76. The number of carboxylic acids is 1. The number of rotatable bonds is 3. The monoisotopic (exact) mass is 213 g/mol. The fourth-order valence-electron chi connectivity index (χ4n) is 0.0781. The lowest BCUT2D eigenvalue weighted by Crippen LogP contribution is -2.31. The lowest BCUT2D eigenvalue weighted by Gasteiger charge is -1.96. The SMILES string of the molecule is C=C[SH](=O)=O.NC(CS)C(=O)O. The van der Waals surface area contributed by atoms with Crippen LogP contribution >= 0.6 is 12.6 Å². The molecule has 12 heavy (non-hydrogen) atoms. The van der Waals surface area contributed by atoms with Crippen molar-refractivity contribution < 1.29 is 18.3 Å². The molecular weight excluding hydrogens is 202 g/mol. The Morgan fingerprint density at radius 3 is 2.08 bits per heavy atom. The van der Waals surface area contributed by atoms with Crippen LogP contribution in [0, 0.1) is 0 Å². The van der Waals surface area contributed by atoms with E-state index in [4.69, 9.17) is 10.8 Å². The summed E-state index contributed by atoms with van der Waals surface area (Å²) in [6.45, 7) is 2.96. The van der Waals surface area contributed by atoms with Gasteiger partial charge >= 0.3 is 5.97 Å². The van der Waals surface area contributed by atoms with Gasteiger partial charge in [0.05, 0.1) is 0 Å². The van der Waals surface area contributed by atoms with Gasteiger partial charge in [0.15, 0.2) is 10.7 Å². The highest BCUT2D eigenvalue weighted by molar-refractivity contribution is 7.80. The highest BCUT2D eigenvalue weighted by Gasteiger charge is 2.06. The molecule has 0 amide bonds. The number of nitrogens with two attached hydrogens (primary N) is 1. The molecule has 0 rings (SSSR count). The molecular formula is C5H11NO4S2. The Morgan fingerprint density at radius 2 is 2.08 bits per heavy atom. The molecule has 72 valence electrons. The molecule has 1 unspecified atom stereocenters. The average Bonchev–Trinajstić information content (AvgIpc) is 2.04. The first-order chi connectivity index (χ1) is 5.45. The van der Waals surface area contributed by atoms with Gasteiger partial charge in [-0.05, 0) is 0 Å². The van der Waals surface area contributed by atoms with Gasteiger partial charge in [0, 0.05) is 11.2 Å². The van der Waals surface area contributed by atoms with Gasteiger partial charge in [0.2, 0.25) is 0 Å². The molecule has 0 aromatic carbocycles. The minimum absolute atomic E-state index is 0.190. The fraction of sp³-hybridized carbons (Fsp3) is 0.400. The van der Waals surface area contributed by atoms with Gasteiger partial charge in [-0.3, -0.25) is 4.79 Å². The minimum Gasteiger partial charge on any atom is -0.480 e. The largest absolute Gasteiger partial charge is 0.480 e. The van der Waals surface area contributed by atoms with E-state index >= 15 is 0 Å². The summed E-state index contributed by atoms with van der Waals surface area (Å²) in [4.78, 5) is 9.76. The van der Waals surface area contributed by atoms with Crippen LogP contribution in [-0.4, -0.2) is 31.3 Å². The van der Waals surface area contributed by atoms with Gasteiger partial charge in [0.25, 0.3) is 0 Å². The van der Waals surface area contributed by atoms with Crippen LogP contribution in [-0.2, 0) is 15.5 Å². The standard InChI is InChI=1S/C3H7NO2S.C2H4O2S/c4-2(1-7)3(5)6;1-2-5(3)4/h2,7H,1,4H2,(H,5,6);2,5H,1H2. The number of carbonyl (C=O) groups is 1. The quantitative estimate of drug-likeness (QED) is 0.454. The molecule has 0 radical (unpaired) electrons. The van der Waals surface area contributed by atoms with Gasteiger partial charge in [-0.15, -0.1) is 0 Å². The van der Waals surface area contributed by atoms with Crippen molar-refractivity contribution in [2.24, 2.45) is 5.73 Å². The van der Waals surface area contributed by atoms with Crippen molar-refractivity contribution in [1.29, 1.82) is 0 Å². The van der Waals surface area contributed by atoms with E-state index in [1.165, 1.54) is 0 Å². The van der Waals surface area contributed by atoms with Crippen LogP contribution < -0.4 is 5.73 Å². The van der Waals surface area contributed by atoms with E-state index in [1.54, 1.807) is 0 Å². The zero-order valence-electron chi connectivity index (χ0n) is 6.21. The van der Waals surface area contributed by atoms with E-state index in [9.17, 15) is 13.2 Å². The summed E-state index contributed by atoms with van der Waals surface area (Å²) >= 11 is 3.65. The predicted octanol–water partition coefficient (Wildman–Crippen LogP) is -0.931. The van der Waals surface area contributed by atoms with E-state index in [-0.39, 0.29) is 5.75 Å². The molecule has 0 spiro atoms. The first-order valence-corrected chi connectivity index (χ1v) is 4.68. The van der Waals surface area contributed by atoms with Crippen LogP contribution in [0.5, 0.6) is 0 Å². The van der Waals surface area contributed by atoms with Crippen molar-refractivity contribution in [3.63, 3.8) is 0 Å². The molecule has 7 heteroatoms. The van der Waals surface area contributed by atoms with E-state index in [0.29, 0.717) is 0 Å². The molecule has 0 aliphatic heterocycles. The third kappa shape index (κ3) is 12.2. The van der Waals surface area contributed by atoms with Crippen LogP contribution in [0.4, 0.5) is 0 Å². The number of hydrogen-bond acceptors (Lipinski definition) is 5. The highest BCUT2D eigenvalue weighted by Crippen LogP contribution is 1.80. The second-order valence-corrected chi connectivity index (χ2v) is 2.90. The highest BCUT2D eigenvalue weighted by atomic mass is 32.2. The van der Waals surface area contributed by atoms with Crippen molar-refractivity contribution in [2.45, 2.75) is 6.04 Å². The van der Waals surface area contributed by atoms with Crippen molar-refractivity contribution in [1.82, 2.24) is 0 Å². The lowest BCUT2D eigenvalue weighted by molar-refractivity contribution is -0.137. The average molecular weight is 213 g/mol. The van der Waals surface area contributed by atoms with Crippen LogP contribution in [0.15, 0.2) is 12.0 Å². The molecule has 0 bridgehead atoms. The topological polar surface area (TPSA) is 97.5 Å². The summed E-state index contributed by atoms with van der Waals surface area (Å²) < 4.78 is 18.6. The summed E-state index contributed by atoms with van der Waals surface area (Å²) in [7, 11) is -2.33. The lowest BCUT2D eigenvalue weighted by atomic mass is 10.4. The Morgan fingerprint density at radius 1 is 1.75 bits per heavy atom. The van der Waals surface area contributed by atoms with Crippen LogP contribution in [0.2, 0.25) is 0 Å². The van der Waals surface area contributed by atoms with E-state index in [1.807, 2.05) is 0 Å². The molecule has 0 aromatic heterocycles. The number of hydrogen-bond donors (Lipinski definition) is 4. The summed E-state index contributed by atoms with van der Waals surface area (Å²) in [6.07, 6.45) is 0. The molecule has 3 N–H and O–H groups in total. The number of thiol groups is 2. The molecule has 0 aliphatic carbocycles. The van der Waals surface area contributed by atoms with Crippen molar-refractivity contribution in [2.75, 3.05) is 5.75 Å². The van der Waals surface area contributed by atoms with E-state index in [0.717, 1.165) is 5.41 Å². The van der Waals surface area contributed by atoms with Gasteiger partial charge in [-0.2, -0.15) is 12.6 Å². The summed E-state index contributed by atoms with van der Waals surface area (Å²) in [5, 5.41) is 8.88. The maximum absolute atomic E-state index is 9.76. The molecule has 0 saturated heterocycles. The summed E-state index contributed by atoms with van der Waals surface area (Å²) in [5.74, 6) is -0.815. The van der Waals surface area contributed by atoms with Gasteiger partial charge in [-0.25, -0.2) is 8.42 Å². The van der Waals surface area contributed by atoms with Crippen LogP contribution in [0.1, 0.15) is 0 Å². The maximum Gasteiger partial charge on any atom is 0.321 e. The first-order valence-electron chi connectivity index (χ1n) is 2.81. The van der Waals surface area contributed by atoms with Crippen molar-refractivity contribution >= 4 is 29.3 Å². The number of carboxylic acid groups (broad SMARTS) is 1. The summed E-state index contributed by atoms with van der Waals surface area (Å²) in [6, 6.07) is -0.816.